The second kappa shape index (κ2) is 8.95. The quantitative estimate of drug-likeness (QED) is 0.427. The van der Waals surface area contributed by atoms with Crippen molar-refractivity contribution in [3.8, 4) is 0 Å². The van der Waals surface area contributed by atoms with Crippen molar-refractivity contribution < 1.29 is 9.90 Å². The normalized spacial score (nSPS) is 20.2. The number of carbonyl (C=O) groups excluding carboxylic acids is 1. The van der Waals surface area contributed by atoms with E-state index in [0.717, 1.165) is 36.6 Å². The molecule has 0 aliphatic heterocycles. The number of anilines is 1. The zero-order valence-corrected chi connectivity index (χ0v) is 18.2. The van der Waals surface area contributed by atoms with Gasteiger partial charge >= 0.3 is 0 Å². The Labute approximate surface area is 177 Å². The third-order valence-electron chi connectivity index (χ3n) is 5.16. The Balaban J connectivity index is 1.96. The monoisotopic (exact) mass is 412 g/mol. The van der Waals surface area contributed by atoms with E-state index in [1.807, 2.05) is 25.1 Å². The van der Waals surface area contributed by atoms with Gasteiger partial charge in [-0.05, 0) is 52.7 Å². The summed E-state index contributed by atoms with van der Waals surface area (Å²) in [5.74, 6) is 0.852. The first-order chi connectivity index (χ1) is 14.1. The van der Waals surface area contributed by atoms with Gasteiger partial charge in [0.2, 0.25) is 5.82 Å². The third kappa shape index (κ3) is 5.66. The average molecular weight is 413 g/mol. The lowest BCUT2D eigenvalue weighted by atomic mass is 9.90. The molecule has 0 bridgehead atoms. The number of benzene rings is 1. The molecule has 5 N–H and O–H groups in total. The van der Waals surface area contributed by atoms with Crippen LogP contribution in [0.2, 0.25) is 0 Å². The fourth-order valence-electron chi connectivity index (χ4n) is 3.70. The molecule has 1 fully saturated rings. The summed E-state index contributed by atoms with van der Waals surface area (Å²) in [7, 11) is 0. The van der Waals surface area contributed by atoms with Gasteiger partial charge in [0.15, 0.2) is 0 Å². The van der Waals surface area contributed by atoms with Gasteiger partial charge in [-0.2, -0.15) is 0 Å². The molecule has 1 aromatic carbocycles. The summed E-state index contributed by atoms with van der Waals surface area (Å²) in [6.45, 7) is 7.19. The summed E-state index contributed by atoms with van der Waals surface area (Å²) in [4.78, 5) is 26.3. The minimum Gasteiger partial charge on any atom is -0.389 e. The molecule has 8 nitrogen and oxygen atoms in total. The lowest BCUT2D eigenvalue weighted by Gasteiger charge is -2.30. The summed E-state index contributed by atoms with van der Waals surface area (Å²) in [5.41, 5.74) is 6.61. The van der Waals surface area contributed by atoms with Gasteiger partial charge < -0.3 is 21.5 Å². The van der Waals surface area contributed by atoms with E-state index in [1.165, 1.54) is 0 Å². The van der Waals surface area contributed by atoms with E-state index in [4.69, 9.17) is 5.73 Å². The summed E-state index contributed by atoms with van der Waals surface area (Å²) in [6, 6.07) is 6.04. The summed E-state index contributed by atoms with van der Waals surface area (Å²) in [5, 5.41) is 17.0. The van der Waals surface area contributed by atoms with E-state index >= 15 is 0 Å². The highest BCUT2D eigenvalue weighted by molar-refractivity contribution is 5.96. The van der Waals surface area contributed by atoms with E-state index < -0.39 is 11.5 Å². The van der Waals surface area contributed by atoms with Crippen molar-refractivity contribution >= 4 is 28.5 Å². The van der Waals surface area contributed by atoms with Crippen LogP contribution in [0.1, 0.15) is 62.6 Å². The molecule has 0 unspecified atom stereocenters. The average Bonchev–Trinajstić information content (AvgIpc) is 2.66. The number of hydrogen-bond acceptors (Lipinski definition) is 6. The second-order valence-electron chi connectivity index (χ2n) is 8.78. The van der Waals surface area contributed by atoms with Gasteiger partial charge in [-0.3, -0.25) is 9.79 Å². The van der Waals surface area contributed by atoms with Crippen LogP contribution in [0.4, 0.5) is 5.82 Å². The molecule has 8 heteroatoms. The highest BCUT2D eigenvalue weighted by atomic mass is 16.3. The van der Waals surface area contributed by atoms with Gasteiger partial charge in [-0.25, -0.2) is 9.97 Å². The predicted octanol–water partition coefficient (Wildman–Crippen LogP) is 2.54. The standard InChI is InChI=1S/C22H32N6O2/c1-13-9-10-16-15(11-13)19(27-18-8-6-5-7-17(18)25-14(2)23)28-20(26-16)21(29)24-12-22(3,4)30/h9-11,17-18,30H,5-8,12H2,1-4H3,(H2,23,25)(H,24,29)(H,26,27,28)/t17-,18+/m1/s1. The van der Waals surface area contributed by atoms with Crippen molar-refractivity contribution in [2.45, 2.75) is 71.1 Å². The number of carbonyl (C=O) groups is 1. The molecule has 0 spiro atoms. The first-order valence-electron chi connectivity index (χ1n) is 10.5. The van der Waals surface area contributed by atoms with Crippen molar-refractivity contribution in [2.24, 2.45) is 10.7 Å². The van der Waals surface area contributed by atoms with E-state index in [-0.39, 0.29) is 24.5 Å². The van der Waals surface area contributed by atoms with Crippen molar-refractivity contribution in [3.63, 3.8) is 0 Å². The van der Waals surface area contributed by atoms with Gasteiger partial charge in [0, 0.05) is 18.0 Å². The number of fused-ring (bicyclic) bond motifs is 1. The Bertz CT molecular complexity index is 947. The topological polar surface area (TPSA) is 126 Å². The maximum absolute atomic E-state index is 12.6. The molecule has 1 aromatic heterocycles. The van der Waals surface area contributed by atoms with Gasteiger partial charge in [-0.1, -0.05) is 24.5 Å². The number of aliphatic imine (C=N–C) groups is 1. The number of aryl methyl sites for hydroxylation is 1. The number of hydrogen-bond donors (Lipinski definition) is 4. The Hall–Kier alpha value is -2.74. The number of rotatable bonds is 6. The smallest absolute Gasteiger partial charge is 0.289 e. The third-order valence-corrected chi connectivity index (χ3v) is 5.16. The van der Waals surface area contributed by atoms with E-state index in [0.29, 0.717) is 17.2 Å². The molecular weight excluding hydrogens is 380 g/mol. The Kier molecular flexibility index (Phi) is 6.55. The maximum atomic E-state index is 12.6. The molecule has 0 radical (unpaired) electrons. The molecule has 2 aromatic rings. The first kappa shape index (κ1) is 22.0. The van der Waals surface area contributed by atoms with Gasteiger partial charge in [0.1, 0.15) is 5.82 Å². The second-order valence-corrected chi connectivity index (χ2v) is 8.78. The maximum Gasteiger partial charge on any atom is 0.289 e. The Morgan fingerprint density at radius 3 is 2.73 bits per heavy atom. The van der Waals surface area contributed by atoms with Crippen LogP contribution in [0.15, 0.2) is 23.2 Å². The van der Waals surface area contributed by atoms with Crippen LogP contribution in [0.5, 0.6) is 0 Å². The first-order valence-corrected chi connectivity index (χ1v) is 10.5. The lowest BCUT2D eigenvalue weighted by Crippen LogP contribution is -2.39. The minimum absolute atomic E-state index is 0.0731. The highest BCUT2D eigenvalue weighted by Gasteiger charge is 2.26. The summed E-state index contributed by atoms with van der Waals surface area (Å²) < 4.78 is 0. The predicted molar refractivity (Wildman–Crippen MR) is 120 cm³/mol. The van der Waals surface area contributed by atoms with Crippen LogP contribution in [-0.2, 0) is 0 Å². The number of aliphatic hydroxyl groups is 1. The van der Waals surface area contributed by atoms with Gasteiger partial charge in [0.05, 0.1) is 23.0 Å². The minimum atomic E-state index is -1.02. The zero-order chi connectivity index (χ0) is 21.9. The zero-order valence-electron chi connectivity index (χ0n) is 18.2. The summed E-state index contributed by atoms with van der Waals surface area (Å²) in [6.07, 6.45) is 4.15. The Morgan fingerprint density at radius 2 is 2.03 bits per heavy atom. The lowest BCUT2D eigenvalue weighted by molar-refractivity contribution is 0.0689. The van der Waals surface area contributed by atoms with Crippen LogP contribution in [0, 0.1) is 6.92 Å². The number of nitrogens with one attached hydrogen (secondary N) is 2. The molecule has 1 saturated carbocycles. The van der Waals surface area contributed by atoms with Crippen molar-refractivity contribution in [1.82, 2.24) is 15.3 Å². The van der Waals surface area contributed by atoms with Gasteiger partial charge in [-0.15, -0.1) is 0 Å². The molecular formula is C22H32N6O2. The molecule has 1 aliphatic rings. The fourth-order valence-corrected chi connectivity index (χ4v) is 3.70. The molecule has 0 saturated heterocycles. The number of aromatic nitrogens is 2. The SMILES string of the molecule is CC(N)=N[C@@H]1CCCC[C@@H]1Nc1nc(C(=O)NCC(C)(C)O)nc2ccc(C)cc12. The van der Waals surface area contributed by atoms with Crippen molar-refractivity contribution in [1.29, 1.82) is 0 Å². The number of nitrogens with zero attached hydrogens (tertiary/aromatic N) is 3. The van der Waals surface area contributed by atoms with Crippen LogP contribution in [0.3, 0.4) is 0 Å². The van der Waals surface area contributed by atoms with E-state index in [2.05, 4.69) is 25.6 Å². The summed E-state index contributed by atoms with van der Waals surface area (Å²) >= 11 is 0. The van der Waals surface area contributed by atoms with Crippen LogP contribution in [0.25, 0.3) is 10.9 Å². The molecule has 162 valence electrons. The molecule has 3 rings (SSSR count). The van der Waals surface area contributed by atoms with Crippen LogP contribution < -0.4 is 16.4 Å². The largest absolute Gasteiger partial charge is 0.389 e. The number of amidine groups is 1. The molecule has 1 aliphatic carbocycles. The van der Waals surface area contributed by atoms with Crippen LogP contribution in [-0.4, -0.2) is 51.0 Å². The van der Waals surface area contributed by atoms with Gasteiger partial charge in [0.25, 0.3) is 5.91 Å². The molecule has 30 heavy (non-hydrogen) atoms. The van der Waals surface area contributed by atoms with Crippen LogP contribution >= 0.6 is 0 Å². The van der Waals surface area contributed by atoms with Crippen molar-refractivity contribution in [3.05, 3.63) is 29.6 Å². The highest BCUT2D eigenvalue weighted by Crippen LogP contribution is 2.28. The number of amides is 1. The Morgan fingerprint density at radius 1 is 1.30 bits per heavy atom. The molecule has 2 atom stereocenters. The number of nitrogens with two attached hydrogens (primary N) is 1. The van der Waals surface area contributed by atoms with E-state index in [1.54, 1.807) is 20.8 Å². The molecule has 1 amide bonds. The van der Waals surface area contributed by atoms with Crippen molar-refractivity contribution in [2.75, 3.05) is 11.9 Å². The molecule has 1 heterocycles. The fraction of sp³-hybridized carbons (Fsp3) is 0.545. The van der Waals surface area contributed by atoms with E-state index in [9.17, 15) is 9.90 Å².